The topological polar surface area (TPSA) is 12.0 Å². The van der Waals surface area contributed by atoms with Crippen molar-refractivity contribution in [1.29, 1.82) is 0 Å². The lowest BCUT2D eigenvalue weighted by Gasteiger charge is -2.34. The minimum atomic E-state index is 0.522. The van der Waals surface area contributed by atoms with Crippen LogP contribution in [0.2, 0.25) is 0 Å². The Labute approximate surface area is 92.9 Å². The van der Waals surface area contributed by atoms with Crippen molar-refractivity contribution in [3.63, 3.8) is 0 Å². The van der Waals surface area contributed by atoms with E-state index in [4.69, 9.17) is 0 Å². The first kappa shape index (κ1) is 10.7. The molecular weight excluding hydrogens is 182 g/mol. The Hall–Kier alpha value is -0.820. The average molecular weight is 203 g/mol. The minimum absolute atomic E-state index is 0.522. The molecule has 0 unspecified atom stereocenters. The Morgan fingerprint density at radius 3 is 2.73 bits per heavy atom. The van der Waals surface area contributed by atoms with Gasteiger partial charge in [-0.25, -0.2) is 0 Å². The fourth-order valence-electron chi connectivity index (χ4n) is 2.42. The van der Waals surface area contributed by atoms with Crippen molar-refractivity contribution < 1.29 is 0 Å². The van der Waals surface area contributed by atoms with Crippen molar-refractivity contribution in [1.82, 2.24) is 5.32 Å². The first-order chi connectivity index (χ1) is 7.29. The Bertz CT molecular complexity index is 285. The smallest absolute Gasteiger partial charge is 0.000528 e. The molecule has 0 radical (unpaired) electrons. The number of hydrogen-bond acceptors (Lipinski definition) is 1. The largest absolute Gasteiger partial charge is 0.316 e. The van der Waals surface area contributed by atoms with Gasteiger partial charge in [-0.15, -0.1) is 0 Å². The summed E-state index contributed by atoms with van der Waals surface area (Å²) in [4.78, 5) is 0. The maximum absolute atomic E-state index is 3.51. The highest BCUT2D eigenvalue weighted by molar-refractivity contribution is 5.15. The van der Waals surface area contributed by atoms with E-state index in [2.05, 4.69) is 42.6 Å². The van der Waals surface area contributed by atoms with E-state index in [1.165, 1.54) is 44.3 Å². The number of hydrogen-bond donors (Lipinski definition) is 1. The van der Waals surface area contributed by atoms with Gasteiger partial charge < -0.3 is 5.32 Å². The van der Waals surface area contributed by atoms with Crippen LogP contribution in [-0.2, 0) is 6.42 Å². The van der Waals surface area contributed by atoms with Gasteiger partial charge in [0.25, 0.3) is 0 Å². The monoisotopic (exact) mass is 203 g/mol. The third-order valence-corrected chi connectivity index (χ3v) is 3.55. The molecule has 1 saturated heterocycles. The zero-order chi connectivity index (χ0) is 10.6. The zero-order valence-electron chi connectivity index (χ0n) is 9.63. The molecule has 1 heterocycles. The predicted octanol–water partition coefficient (Wildman–Crippen LogP) is 3.01. The third kappa shape index (κ3) is 3.07. The molecule has 2 rings (SSSR count). The van der Waals surface area contributed by atoms with Crippen molar-refractivity contribution in [3.05, 3.63) is 35.9 Å². The van der Waals surface area contributed by atoms with Crippen molar-refractivity contribution in [2.24, 2.45) is 5.41 Å². The van der Waals surface area contributed by atoms with Gasteiger partial charge in [0.1, 0.15) is 0 Å². The molecule has 82 valence electrons. The van der Waals surface area contributed by atoms with Gasteiger partial charge in [0.2, 0.25) is 0 Å². The van der Waals surface area contributed by atoms with Gasteiger partial charge in [-0.2, -0.15) is 0 Å². The summed E-state index contributed by atoms with van der Waals surface area (Å²) < 4.78 is 0. The molecule has 1 aliphatic heterocycles. The predicted molar refractivity (Wildman–Crippen MR) is 65.0 cm³/mol. The van der Waals surface area contributed by atoms with Crippen LogP contribution in [0.3, 0.4) is 0 Å². The van der Waals surface area contributed by atoms with Gasteiger partial charge in [-0.05, 0) is 43.2 Å². The fraction of sp³-hybridized carbons (Fsp3) is 0.571. The summed E-state index contributed by atoms with van der Waals surface area (Å²) in [6.45, 7) is 4.82. The molecule has 1 aromatic carbocycles. The molecule has 0 aliphatic carbocycles. The molecule has 15 heavy (non-hydrogen) atoms. The number of aryl methyl sites for hydroxylation is 1. The molecule has 1 atom stereocenters. The summed E-state index contributed by atoms with van der Waals surface area (Å²) in [6, 6.07) is 10.8. The van der Waals surface area contributed by atoms with Crippen LogP contribution >= 0.6 is 0 Å². The van der Waals surface area contributed by atoms with Crippen molar-refractivity contribution in [2.75, 3.05) is 13.1 Å². The highest BCUT2D eigenvalue weighted by Gasteiger charge is 2.25. The van der Waals surface area contributed by atoms with Gasteiger partial charge in [-0.3, -0.25) is 0 Å². The first-order valence-electron chi connectivity index (χ1n) is 6.03. The van der Waals surface area contributed by atoms with E-state index in [0.29, 0.717) is 5.41 Å². The van der Waals surface area contributed by atoms with Crippen molar-refractivity contribution >= 4 is 0 Å². The highest BCUT2D eigenvalue weighted by atomic mass is 14.9. The van der Waals surface area contributed by atoms with E-state index in [1.54, 1.807) is 0 Å². The molecule has 1 heteroatoms. The molecule has 1 N–H and O–H groups in total. The Morgan fingerprint density at radius 2 is 2.07 bits per heavy atom. The lowest BCUT2D eigenvalue weighted by molar-refractivity contribution is 0.218. The zero-order valence-corrected chi connectivity index (χ0v) is 9.63. The molecule has 0 spiro atoms. The molecule has 1 fully saturated rings. The van der Waals surface area contributed by atoms with Gasteiger partial charge in [-0.1, -0.05) is 37.3 Å². The maximum Gasteiger partial charge on any atom is 0.000528 e. The number of rotatable bonds is 3. The third-order valence-electron chi connectivity index (χ3n) is 3.55. The van der Waals surface area contributed by atoms with E-state index in [-0.39, 0.29) is 0 Å². The highest BCUT2D eigenvalue weighted by Crippen LogP contribution is 2.30. The summed E-state index contributed by atoms with van der Waals surface area (Å²) >= 11 is 0. The first-order valence-corrected chi connectivity index (χ1v) is 6.03. The van der Waals surface area contributed by atoms with Crippen LogP contribution in [0.15, 0.2) is 30.3 Å². The van der Waals surface area contributed by atoms with Crippen LogP contribution in [0.1, 0.15) is 31.7 Å². The van der Waals surface area contributed by atoms with E-state index in [1.807, 2.05) is 0 Å². The van der Waals surface area contributed by atoms with Gasteiger partial charge in [0.05, 0.1) is 0 Å². The van der Waals surface area contributed by atoms with Crippen molar-refractivity contribution in [2.45, 2.75) is 32.6 Å². The fourth-order valence-corrected chi connectivity index (χ4v) is 2.42. The molecule has 1 nitrogen and oxygen atoms in total. The normalized spacial score (nSPS) is 26.5. The second kappa shape index (κ2) is 4.80. The molecule has 0 amide bonds. The lowest BCUT2D eigenvalue weighted by Crippen LogP contribution is -2.38. The molecule has 0 aromatic heterocycles. The SMILES string of the molecule is C[C@]1(CCc2ccccc2)CCCNC1. The van der Waals surface area contributed by atoms with Gasteiger partial charge >= 0.3 is 0 Å². The molecular formula is C14H21N. The number of nitrogens with one attached hydrogen (secondary N) is 1. The van der Waals surface area contributed by atoms with Crippen LogP contribution in [0.25, 0.3) is 0 Å². The van der Waals surface area contributed by atoms with Crippen LogP contribution in [-0.4, -0.2) is 13.1 Å². The Balaban J connectivity index is 1.87. The number of piperidine rings is 1. The summed E-state index contributed by atoms with van der Waals surface area (Å²) in [5, 5.41) is 3.51. The quantitative estimate of drug-likeness (QED) is 0.796. The van der Waals surface area contributed by atoms with Crippen LogP contribution in [0.5, 0.6) is 0 Å². The lowest BCUT2D eigenvalue weighted by atomic mass is 9.78. The molecule has 1 aliphatic rings. The van der Waals surface area contributed by atoms with Crippen LogP contribution in [0.4, 0.5) is 0 Å². The Kier molecular flexibility index (Phi) is 3.42. The molecule has 0 bridgehead atoms. The Morgan fingerprint density at radius 1 is 1.27 bits per heavy atom. The van der Waals surface area contributed by atoms with Crippen molar-refractivity contribution in [3.8, 4) is 0 Å². The van der Waals surface area contributed by atoms with E-state index in [9.17, 15) is 0 Å². The van der Waals surface area contributed by atoms with Gasteiger partial charge in [0, 0.05) is 6.54 Å². The molecule has 1 aromatic rings. The second-order valence-corrected chi connectivity index (χ2v) is 5.08. The van der Waals surface area contributed by atoms with E-state index < -0.39 is 0 Å². The summed E-state index contributed by atoms with van der Waals surface area (Å²) in [5.41, 5.74) is 2.00. The average Bonchev–Trinajstić information content (AvgIpc) is 2.29. The van der Waals surface area contributed by atoms with Crippen LogP contribution in [0, 0.1) is 5.41 Å². The van der Waals surface area contributed by atoms with Gasteiger partial charge in [0.15, 0.2) is 0 Å². The summed E-state index contributed by atoms with van der Waals surface area (Å²) in [5.74, 6) is 0. The minimum Gasteiger partial charge on any atom is -0.316 e. The standard InChI is InChI=1S/C14H21N/c1-14(9-5-11-15-12-14)10-8-13-6-3-2-4-7-13/h2-4,6-7,15H,5,8-12H2,1H3/t14-/m1/s1. The summed E-state index contributed by atoms with van der Waals surface area (Å²) in [7, 11) is 0. The summed E-state index contributed by atoms with van der Waals surface area (Å²) in [6.07, 6.45) is 5.25. The van der Waals surface area contributed by atoms with E-state index in [0.717, 1.165) is 0 Å². The second-order valence-electron chi connectivity index (χ2n) is 5.08. The van der Waals surface area contributed by atoms with Crippen LogP contribution < -0.4 is 5.32 Å². The molecule has 0 saturated carbocycles. The maximum atomic E-state index is 3.51. The van der Waals surface area contributed by atoms with E-state index >= 15 is 0 Å². The number of benzene rings is 1.